The molecule has 1 aromatic rings. The van der Waals surface area contributed by atoms with E-state index < -0.39 is 47.9 Å². The van der Waals surface area contributed by atoms with Gasteiger partial charge in [-0.05, 0) is 24.0 Å². The van der Waals surface area contributed by atoms with Crippen molar-refractivity contribution in [3.05, 3.63) is 35.9 Å². The lowest BCUT2D eigenvalue weighted by Gasteiger charge is -2.23. The second-order valence-electron chi connectivity index (χ2n) is 6.96. The fourth-order valence-corrected chi connectivity index (χ4v) is 3.64. The summed E-state index contributed by atoms with van der Waals surface area (Å²) in [4.78, 5) is 49.0. The fourth-order valence-electron chi connectivity index (χ4n) is 2.64. The molecule has 0 aliphatic carbocycles. The highest BCUT2D eigenvalue weighted by atomic mass is 32.2. The number of benzene rings is 1. The zero-order valence-electron chi connectivity index (χ0n) is 17.7. The van der Waals surface area contributed by atoms with Crippen molar-refractivity contribution in [2.45, 2.75) is 37.0 Å². The number of hydrogen-bond donors (Lipinski definition) is 7. The van der Waals surface area contributed by atoms with Gasteiger partial charge in [0, 0.05) is 17.9 Å². The smallest absolute Gasteiger partial charge is 0.326 e. The molecule has 4 atom stereocenters. The molecule has 0 spiro atoms. The molecule has 0 bridgehead atoms. The minimum absolute atomic E-state index is 0.0144. The molecule has 12 heteroatoms. The number of thioether (sulfide) groups is 1. The van der Waals surface area contributed by atoms with E-state index in [-0.39, 0.29) is 17.9 Å². The summed E-state index contributed by atoms with van der Waals surface area (Å²) in [5.74, 6) is -2.43. The molecular formula is C20H30N4O5S3. The normalized spacial score (nSPS) is 14.5. The molecule has 0 aliphatic heterocycles. The maximum absolute atomic E-state index is 12.6. The number of nitrogens with one attached hydrogen (secondary N) is 3. The van der Waals surface area contributed by atoms with E-state index >= 15 is 0 Å². The van der Waals surface area contributed by atoms with Crippen molar-refractivity contribution < 1.29 is 24.3 Å². The molecule has 32 heavy (non-hydrogen) atoms. The zero-order valence-corrected chi connectivity index (χ0v) is 20.3. The predicted octanol–water partition coefficient (Wildman–Crippen LogP) is -0.292. The highest BCUT2D eigenvalue weighted by molar-refractivity contribution is 7.98. The molecule has 4 unspecified atom stereocenters. The van der Waals surface area contributed by atoms with Gasteiger partial charge in [0.2, 0.25) is 17.7 Å². The standard InChI is InChI=1S/C20H30N4O5S3/c1-32-8-7-13(21)17(25)23-15(10-30)19(27)24-16(11-31)18(26)22-14(20(28)29)9-12-5-3-2-4-6-12/h2-6,13-16,30-31H,7-11,21H2,1H3,(H,22,26)(H,23,25)(H,24,27)(H,28,29). The van der Waals surface area contributed by atoms with Crippen molar-refractivity contribution in [1.29, 1.82) is 0 Å². The Morgan fingerprint density at radius 2 is 1.44 bits per heavy atom. The molecule has 1 rings (SSSR count). The topological polar surface area (TPSA) is 151 Å². The third-order valence-electron chi connectivity index (χ3n) is 4.50. The second-order valence-corrected chi connectivity index (χ2v) is 8.68. The molecule has 0 aliphatic rings. The van der Waals surface area contributed by atoms with Gasteiger partial charge in [0.05, 0.1) is 6.04 Å². The summed E-state index contributed by atoms with van der Waals surface area (Å²) in [6.45, 7) is 0. The van der Waals surface area contributed by atoms with Gasteiger partial charge in [-0.3, -0.25) is 14.4 Å². The Kier molecular flexibility index (Phi) is 13.2. The third kappa shape index (κ3) is 9.72. The summed E-state index contributed by atoms with van der Waals surface area (Å²) >= 11 is 9.73. The minimum Gasteiger partial charge on any atom is -0.480 e. The van der Waals surface area contributed by atoms with Crippen LogP contribution in [-0.2, 0) is 25.6 Å². The Morgan fingerprint density at radius 3 is 1.91 bits per heavy atom. The van der Waals surface area contributed by atoms with Crippen LogP contribution < -0.4 is 21.7 Å². The van der Waals surface area contributed by atoms with Crippen molar-refractivity contribution >= 4 is 60.7 Å². The van der Waals surface area contributed by atoms with Crippen LogP contribution in [0.2, 0.25) is 0 Å². The van der Waals surface area contributed by atoms with E-state index in [0.29, 0.717) is 12.2 Å². The zero-order chi connectivity index (χ0) is 24.1. The Morgan fingerprint density at radius 1 is 0.938 bits per heavy atom. The molecule has 0 fully saturated rings. The van der Waals surface area contributed by atoms with Crippen molar-refractivity contribution in [3.63, 3.8) is 0 Å². The molecule has 0 saturated heterocycles. The van der Waals surface area contributed by atoms with Crippen LogP contribution in [0.1, 0.15) is 12.0 Å². The van der Waals surface area contributed by atoms with Crippen LogP contribution in [0.4, 0.5) is 0 Å². The maximum atomic E-state index is 12.6. The lowest BCUT2D eigenvalue weighted by Crippen LogP contribution is -2.58. The largest absolute Gasteiger partial charge is 0.480 e. The predicted molar refractivity (Wildman–Crippen MR) is 132 cm³/mol. The van der Waals surface area contributed by atoms with E-state index in [0.717, 1.165) is 5.56 Å². The first-order valence-electron chi connectivity index (χ1n) is 9.87. The molecule has 0 aromatic heterocycles. The van der Waals surface area contributed by atoms with Crippen LogP contribution in [0.5, 0.6) is 0 Å². The quantitative estimate of drug-likeness (QED) is 0.173. The number of thiol groups is 2. The van der Waals surface area contributed by atoms with Crippen LogP contribution in [0.3, 0.4) is 0 Å². The maximum Gasteiger partial charge on any atom is 0.326 e. The van der Waals surface area contributed by atoms with E-state index in [1.165, 1.54) is 0 Å². The molecule has 3 amide bonds. The van der Waals surface area contributed by atoms with Crippen molar-refractivity contribution in [2.75, 3.05) is 23.5 Å². The van der Waals surface area contributed by atoms with Crippen molar-refractivity contribution in [3.8, 4) is 0 Å². The number of rotatable bonds is 14. The number of amides is 3. The SMILES string of the molecule is CSCCC(N)C(=O)NC(CS)C(=O)NC(CS)C(=O)NC(Cc1ccccc1)C(=O)O. The summed E-state index contributed by atoms with van der Waals surface area (Å²) in [6.07, 6.45) is 2.43. The molecule has 178 valence electrons. The monoisotopic (exact) mass is 502 g/mol. The first-order chi connectivity index (χ1) is 15.2. The average molecular weight is 503 g/mol. The number of carboxylic acids is 1. The van der Waals surface area contributed by atoms with Gasteiger partial charge in [0.25, 0.3) is 0 Å². The van der Waals surface area contributed by atoms with E-state index in [2.05, 4.69) is 41.2 Å². The van der Waals surface area contributed by atoms with Crippen LogP contribution in [0.15, 0.2) is 30.3 Å². The first-order valence-corrected chi connectivity index (χ1v) is 12.5. The molecule has 9 nitrogen and oxygen atoms in total. The van der Waals surface area contributed by atoms with Gasteiger partial charge in [0.1, 0.15) is 18.1 Å². The van der Waals surface area contributed by atoms with Crippen molar-refractivity contribution in [2.24, 2.45) is 5.73 Å². The Bertz CT molecular complexity index is 769. The van der Waals surface area contributed by atoms with Gasteiger partial charge in [-0.15, -0.1) is 0 Å². The Hall–Kier alpha value is -1.89. The number of nitrogens with two attached hydrogens (primary N) is 1. The van der Waals surface area contributed by atoms with Gasteiger partial charge in [-0.1, -0.05) is 30.3 Å². The summed E-state index contributed by atoms with van der Waals surface area (Å²) in [6, 6.07) is 4.78. The Balaban J connectivity index is 2.73. The third-order valence-corrected chi connectivity index (χ3v) is 5.87. The van der Waals surface area contributed by atoms with Gasteiger partial charge < -0.3 is 26.8 Å². The van der Waals surface area contributed by atoms with Gasteiger partial charge in [0.15, 0.2) is 0 Å². The fraction of sp³-hybridized carbons (Fsp3) is 0.500. The molecule has 6 N–H and O–H groups in total. The first kappa shape index (κ1) is 28.1. The molecular weight excluding hydrogens is 472 g/mol. The number of aliphatic carboxylic acids is 1. The van der Waals surface area contributed by atoms with Gasteiger partial charge in [-0.25, -0.2) is 4.79 Å². The van der Waals surface area contributed by atoms with Gasteiger partial charge >= 0.3 is 5.97 Å². The molecule has 0 heterocycles. The van der Waals surface area contributed by atoms with E-state index in [1.54, 1.807) is 42.1 Å². The van der Waals surface area contributed by atoms with Crippen LogP contribution in [0, 0.1) is 0 Å². The van der Waals surface area contributed by atoms with Crippen LogP contribution in [-0.4, -0.2) is 76.5 Å². The average Bonchev–Trinajstić information content (AvgIpc) is 2.78. The highest BCUT2D eigenvalue weighted by Gasteiger charge is 2.29. The lowest BCUT2D eigenvalue weighted by molar-refractivity contribution is -0.142. The number of carbonyl (C=O) groups is 4. The van der Waals surface area contributed by atoms with Gasteiger partial charge in [-0.2, -0.15) is 37.0 Å². The lowest BCUT2D eigenvalue weighted by atomic mass is 10.1. The second kappa shape index (κ2) is 15.0. The molecule has 0 radical (unpaired) electrons. The minimum atomic E-state index is -1.20. The van der Waals surface area contributed by atoms with E-state index in [9.17, 15) is 24.3 Å². The highest BCUT2D eigenvalue weighted by Crippen LogP contribution is 2.05. The summed E-state index contributed by atoms with van der Waals surface area (Å²) in [5.41, 5.74) is 6.55. The summed E-state index contributed by atoms with van der Waals surface area (Å²) in [7, 11) is 0. The molecule has 0 saturated carbocycles. The van der Waals surface area contributed by atoms with Crippen molar-refractivity contribution in [1.82, 2.24) is 16.0 Å². The number of carboxylic acid groups (broad SMARTS) is 1. The van der Waals surface area contributed by atoms with E-state index in [1.807, 2.05) is 6.26 Å². The number of hydrogen-bond acceptors (Lipinski definition) is 8. The summed E-state index contributed by atoms with van der Waals surface area (Å²) in [5, 5.41) is 16.9. The van der Waals surface area contributed by atoms with Crippen LogP contribution in [0.25, 0.3) is 0 Å². The summed E-state index contributed by atoms with van der Waals surface area (Å²) < 4.78 is 0. The molecule has 1 aromatic carbocycles. The van der Waals surface area contributed by atoms with E-state index in [4.69, 9.17) is 5.73 Å². The Labute approximate surface area is 202 Å². The number of carbonyl (C=O) groups excluding carboxylic acids is 3. The van der Waals surface area contributed by atoms with Crippen LogP contribution >= 0.6 is 37.0 Å².